The number of carbonyl (C=O) groups excluding carboxylic acids is 1. The Balaban J connectivity index is 0.00000169. The average Bonchev–Trinajstić information content (AvgIpc) is 2.16. The first kappa shape index (κ1) is 13.7. The summed E-state index contributed by atoms with van der Waals surface area (Å²) in [6.45, 7) is 6.09. The van der Waals surface area contributed by atoms with Gasteiger partial charge in [-0.25, -0.2) is 0 Å². The molecule has 2 atom stereocenters. The Bertz CT molecular complexity index is 190. The molecule has 1 heterocycles. The molecule has 0 unspecified atom stereocenters. The van der Waals surface area contributed by atoms with Crippen molar-refractivity contribution in [2.24, 2.45) is 0 Å². The van der Waals surface area contributed by atoms with Crippen LogP contribution in [-0.4, -0.2) is 49.7 Å². The number of carbonyl (C=O) groups is 1. The summed E-state index contributed by atoms with van der Waals surface area (Å²) in [5, 5.41) is 3.17. The van der Waals surface area contributed by atoms with E-state index in [2.05, 4.69) is 5.32 Å². The third kappa shape index (κ3) is 3.12. The molecular weight excluding hydrogens is 204 g/mol. The van der Waals surface area contributed by atoms with Crippen LogP contribution in [0, 0.1) is 0 Å². The Hall–Kier alpha value is -0.320. The van der Waals surface area contributed by atoms with Crippen molar-refractivity contribution in [3.8, 4) is 0 Å². The summed E-state index contributed by atoms with van der Waals surface area (Å²) in [6.07, 6.45) is -0.0183. The first-order valence-electron chi connectivity index (χ1n) is 4.76. The maximum Gasteiger partial charge on any atom is 0.242 e. The molecule has 84 valence electrons. The highest BCUT2D eigenvalue weighted by Gasteiger charge is 2.29. The van der Waals surface area contributed by atoms with Gasteiger partial charge in [-0.1, -0.05) is 0 Å². The van der Waals surface area contributed by atoms with E-state index >= 15 is 0 Å². The number of nitrogens with zero attached hydrogens (tertiary/aromatic N) is 1. The number of morpholine rings is 1. The molecule has 1 rings (SSSR count). The van der Waals surface area contributed by atoms with Crippen molar-refractivity contribution in [1.29, 1.82) is 0 Å². The number of ether oxygens (including phenoxy) is 1. The number of halogens is 1. The Morgan fingerprint density at radius 1 is 1.64 bits per heavy atom. The Morgan fingerprint density at radius 2 is 2.29 bits per heavy atom. The minimum Gasteiger partial charge on any atom is -0.375 e. The van der Waals surface area contributed by atoms with Gasteiger partial charge in [-0.2, -0.15) is 0 Å². The molecule has 0 aromatic heterocycles. The maximum absolute atomic E-state index is 11.7. The summed E-state index contributed by atoms with van der Waals surface area (Å²) in [5.41, 5.74) is 0. The number of hydrogen-bond acceptors (Lipinski definition) is 3. The van der Waals surface area contributed by atoms with Crippen LogP contribution in [0.3, 0.4) is 0 Å². The van der Waals surface area contributed by atoms with Crippen LogP contribution in [0.4, 0.5) is 0 Å². The molecule has 1 fully saturated rings. The summed E-state index contributed by atoms with van der Waals surface area (Å²) in [7, 11) is 1.81. The lowest BCUT2D eigenvalue weighted by Crippen LogP contribution is -2.55. The highest BCUT2D eigenvalue weighted by molar-refractivity contribution is 5.85. The fourth-order valence-corrected chi connectivity index (χ4v) is 1.40. The quantitative estimate of drug-likeness (QED) is 0.729. The molecule has 0 aromatic rings. The van der Waals surface area contributed by atoms with Crippen LogP contribution in [0.1, 0.15) is 13.8 Å². The standard InChI is InChI=1S/C9H18N2O2.ClH/c1-4-11(3)9(12)8-7(2)13-6-5-10-8;/h7-8,10H,4-6H2,1-3H3;1H/t7-,8+;/m1./s1. The SMILES string of the molecule is CCN(C)C(=O)[C@H]1NCCO[C@@H]1C.Cl. The van der Waals surface area contributed by atoms with E-state index in [4.69, 9.17) is 4.74 Å². The smallest absolute Gasteiger partial charge is 0.242 e. The molecule has 0 spiro atoms. The van der Waals surface area contributed by atoms with Gasteiger partial charge in [0.15, 0.2) is 0 Å². The second-order valence-corrected chi connectivity index (χ2v) is 3.36. The largest absolute Gasteiger partial charge is 0.375 e. The molecule has 4 nitrogen and oxygen atoms in total. The minimum atomic E-state index is -0.168. The van der Waals surface area contributed by atoms with Crippen LogP contribution in [0.5, 0.6) is 0 Å². The fourth-order valence-electron chi connectivity index (χ4n) is 1.40. The summed E-state index contributed by atoms with van der Waals surface area (Å²) in [5.74, 6) is 0.120. The van der Waals surface area contributed by atoms with Crippen LogP contribution in [0.15, 0.2) is 0 Å². The molecule has 1 amide bonds. The highest BCUT2D eigenvalue weighted by atomic mass is 35.5. The monoisotopic (exact) mass is 222 g/mol. The molecule has 0 aromatic carbocycles. The van der Waals surface area contributed by atoms with Crippen molar-refractivity contribution in [3.63, 3.8) is 0 Å². The van der Waals surface area contributed by atoms with E-state index in [1.54, 1.807) is 4.90 Å². The number of rotatable bonds is 2. The van der Waals surface area contributed by atoms with Crippen LogP contribution >= 0.6 is 12.4 Å². The second-order valence-electron chi connectivity index (χ2n) is 3.36. The molecule has 14 heavy (non-hydrogen) atoms. The molecule has 0 bridgehead atoms. The summed E-state index contributed by atoms with van der Waals surface area (Å²) >= 11 is 0. The van der Waals surface area contributed by atoms with E-state index in [0.717, 1.165) is 13.1 Å². The number of amides is 1. The highest BCUT2D eigenvalue weighted by Crippen LogP contribution is 2.06. The molecule has 1 saturated heterocycles. The van der Waals surface area contributed by atoms with Gasteiger partial charge in [0.25, 0.3) is 0 Å². The van der Waals surface area contributed by atoms with Gasteiger partial charge in [0.1, 0.15) is 6.04 Å². The Morgan fingerprint density at radius 3 is 2.79 bits per heavy atom. The van der Waals surface area contributed by atoms with Crippen LogP contribution in [-0.2, 0) is 9.53 Å². The number of hydrogen-bond donors (Lipinski definition) is 1. The third-order valence-electron chi connectivity index (χ3n) is 2.43. The van der Waals surface area contributed by atoms with Crippen LogP contribution < -0.4 is 5.32 Å². The lowest BCUT2D eigenvalue weighted by atomic mass is 10.1. The Labute approximate surface area is 91.4 Å². The fraction of sp³-hybridized carbons (Fsp3) is 0.889. The van der Waals surface area contributed by atoms with E-state index in [-0.39, 0.29) is 30.5 Å². The lowest BCUT2D eigenvalue weighted by Gasteiger charge is -2.31. The molecule has 0 aliphatic carbocycles. The van der Waals surface area contributed by atoms with Gasteiger partial charge >= 0.3 is 0 Å². The van der Waals surface area contributed by atoms with Gasteiger partial charge in [0.05, 0.1) is 12.7 Å². The summed E-state index contributed by atoms with van der Waals surface area (Å²) in [6, 6.07) is -0.168. The zero-order valence-corrected chi connectivity index (χ0v) is 9.76. The van der Waals surface area contributed by atoms with Crippen molar-refractivity contribution in [3.05, 3.63) is 0 Å². The van der Waals surface area contributed by atoms with Crippen LogP contribution in [0.2, 0.25) is 0 Å². The van der Waals surface area contributed by atoms with Crippen molar-refractivity contribution < 1.29 is 9.53 Å². The van der Waals surface area contributed by atoms with Gasteiger partial charge in [0, 0.05) is 20.1 Å². The van der Waals surface area contributed by atoms with E-state index in [1.165, 1.54) is 0 Å². The van der Waals surface area contributed by atoms with Crippen molar-refractivity contribution in [1.82, 2.24) is 10.2 Å². The minimum absolute atomic E-state index is 0. The second kappa shape index (κ2) is 6.22. The van der Waals surface area contributed by atoms with Crippen molar-refractivity contribution in [2.45, 2.75) is 26.0 Å². The molecule has 0 radical (unpaired) electrons. The Kier molecular flexibility index (Phi) is 6.08. The zero-order chi connectivity index (χ0) is 9.84. The summed E-state index contributed by atoms with van der Waals surface area (Å²) < 4.78 is 5.40. The number of nitrogens with one attached hydrogen (secondary N) is 1. The molecular formula is C9H19ClN2O2. The molecule has 1 aliphatic heterocycles. The molecule has 1 aliphatic rings. The van der Waals surface area contributed by atoms with E-state index in [0.29, 0.717) is 6.61 Å². The summed E-state index contributed by atoms with van der Waals surface area (Å²) in [4.78, 5) is 13.4. The predicted octanol–water partition coefficient (Wildman–Crippen LogP) is 0.263. The lowest BCUT2D eigenvalue weighted by molar-refractivity contribution is -0.137. The van der Waals surface area contributed by atoms with Crippen LogP contribution in [0.25, 0.3) is 0 Å². The van der Waals surface area contributed by atoms with Gasteiger partial charge in [0.2, 0.25) is 5.91 Å². The zero-order valence-electron chi connectivity index (χ0n) is 8.95. The van der Waals surface area contributed by atoms with Gasteiger partial charge < -0.3 is 15.0 Å². The maximum atomic E-state index is 11.7. The van der Waals surface area contributed by atoms with E-state index < -0.39 is 0 Å². The van der Waals surface area contributed by atoms with Crippen molar-refractivity contribution >= 4 is 18.3 Å². The third-order valence-corrected chi connectivity index (χ3v) is 2.43. The van der Waals surface area contributed by atoms with Gasteiger partial charge in [-0.15, -0.1) is 12.4 Å². The predicted molar refractivity (Wildman–Crippen MR) is 57.8 cm³/mol. The molecule has 0 saturated carbocycles. The normalized spacial score (nSPS) is 26.5. The van der Waals surface area contributed by atoms with E-state index in [1.807, 2.05) is 20.9 Å². The number of likely N-dealkylation sites (N-methyl/N-ethyl adjacent to an activating group) is 1. The van der Waals surface area contributed by atoms with Gasteiger partial charge in [-0.05, 0) is 13.8 Å². The van der Waals surface area contributed by atoms with Gasteiger partial charge in [-0.3, -0.25) is 4.79 Å². The topological polar surface area (TPSA) is 41.6 Å². The molecule has 5 heteroatoms. The average molecular weight is 223 g/mol. The van der Waals surface area contributed by atoms with Crippen molar-refractivity contribution in [2.75, 3.05) is 26.7 Å². The first-order valence-corrected chi connectivity index (χ1v) is 4.76. The molecule has 1 N–H and O–H groups in total. The van der Waals surface area contributed by atoms with E-state index in [9.17, 15) is 4.79 Å². The first-order chi connectivity index (χ1) is 6.16.